The fourth-order valence-electron chi connectivity index (χ4n) is 3.73. The first-order chi connectivity index (χ1) is 17.7. The van der Waals surface area contributed by atoms with Gasteiger partial charge in [0, 0.05) is 23.5 Å². The van der Waals surface area contributed by atoms with Crippen LogP contribution in [0.25, 0.3) is 16.8 Å². The largest absolute Gasteiger partial charge is 0.484 e. The maximum absolute atomic E-state index is 13.1. The van der Waals surface area contributed by atoms with E-state index >= 15 is 0 Å². The summed E-state index contributed by atoms with van der Waals surface area (Å²) in [4.78, 5) is 25.8. The summed E-state index contributed by atoms with van der Waals surface area (Å²) in [7, 11) is -2.52. The zero-order valence-corrected chi connectivity index (χ0v) is 22.1. The van der Waals surface area contributed by atoms with E-state index < -0.39 is 10.0 Å². The van der Waals surface area contributed by atoms with Gasteiger partial charge >= 0.3 is 0 Å². The number of aromatic nitrogens is 4. The molecule has 4 aromatic rings. The van der Waals surface area contributed by atoms with Gasteiger partial charge in [0.25, 0.3) is 15.6 Å². The number of ether oxygens (including phenoxy) is 3. The van der Waals surface area contributed by atoms with Crippen LogP contribution in [0, 0.1) is 13.8 Å². The highest BCUT2D eigenvalue weighted by molar-refractivity contribution is 7.94. The van der Waals surface area contributed by atoms with Gasteiger partial charge in [0.1, 0.15) is 17.9 Å². The molecule has 0 spiro atoms. The van der Waals surface area contributed by atoms with Crippen LogP contribution in [0.4, 0.5) is 5.69 Å². The van der Waals surface area contributed by atoms with Crippen molar-refractivity contribution in [2.24, 2.45) is 0 Å². The molecule has 1 N–H and O–H groups in total. The summed E-state index contributed by atoms with van der Waals surface area (Å²) < 4.78 is 46.6. The number of methoxy groups -OCH3 is 1. The average molecular weight is 544 g/mol. The van der Waals surface area contributed by atoms with Gasteiger partial charge in [0.15, 0.2) is 4.21 Å². The predicted octanol–water partition coefficient (Wildman–Crippen LogP) is 3.20. The van der Waals surface area contributed by atoms with Crippen LogP contribution in [-0.4, -0.2) is 54.2 Å². The molecule has 0 amide bonds. The van der Waals surface area contributed by atoms with Crippen LogP contribution < -0.4 is 19.8 Å². The smallest absolute Gasteiger partial charge is 0.300 e. The Hall–Kier alpha value is -3.55. The molecule has 11 nitrogen and oxygen atoms in total. The van der Waals surface area contributed by atoms with Crippen LogP contribution in [0.2, 0.25) is 0 Å². The quantitative estimate of drug-likeness (QED) is 0.299. The molecule has 5 rings (SSSR count). The fraction of sp³-hybridized carbons (Fsp3) is 0.333. The SMILES string of the molecule is COc1ncc(-c2ccc3ncc(OCCOC4CC4)c(=O)n3c2)cc1NS(=O)(=O)c1sc(C)nc1C. The monoisotopic (exact) mass is 543 g/mol. The van der Waals surface area contributed by atoms with E-state index in [4.69, 9.17) is 14.2 Å². The summed E-state index contributed by atoms with van der Waals surface area (Å²) in [5, 5.41) is 0.644. The van der Waals surface area contributed by atoms with E-state index in [1.807, 2.05) is 0 Å². The predicted molar refractivity (Wildman–Crippen MR) is 138 cm³/mol. The van der Waals surface area contributed by atoms with E-state index in [2.05, 4.69) is 19.7 Å². The molecule has 13 heteroatoms. The van der Waals surface area contributed by atoms with E-state index in [0.717, 1.165) is 24.2 Å². The number of hydrogen-bond donors (Lipinski definition) is 1. The first-order valence-corrected chi connectivity index (χ1v) is 13.8. The maximum atomic E-state index is 13.1. The number of pyridine rings is 2. The van der Waals surface area contributed by atoms with Gasteiger partial charge in [-0.15, -0.1) is 11.3 Å². The second-order valence-corrected chi connectivity index (χ2v) is 11.6. The Kier molecular flexibility index (Phi) is 6.84. The van der Waals surface area contributed by atoms with Gasteiger partial charge in [0.05, 0.1) is 36.7 Å². The van der Waals surface area contributed by atoms with Crippen molar-refractivity contribution >= 4 is 32.7 Å². The molecule has 194 valence electrons. The molecule has 4 heterocycles. The van der Waals surface area contributed by atoms with Crippen molar-refractivity contribution in [2.75, 3.05) is 25.0 Å². The molecule has 1 aliphatic carbocycles. The van der Waals surface area contributed by atoms with E-state index in [9.17, 15) is 13.2 Å². The third kappa shape index (κ3) is 5.43. The summed E-state index contributed by atoms with van der Waals surface area (Å²) in [6, 6.07) is 5.06. The molecule has 0 bridgehead atoms. The lowest BCUT2D eigenvalue weighted by Gasteiger charge is -2.13. The van der Waals surface area contributed by atoms with Gasteiger partial charge in [-0.3, -0.25) is 13.9 Å². The molecule has 4 aromatic heterocycles. The zero-order chi connectivity index (χ0) is 26.2. The summed E-state index contributed by atoms with van der Waals surface area (Å²) in [6.45, 7) is 4.05. The van der Waals surface area contributed by atoms with Crippen molar-refractivity contribution < 1.29 is 22.6 Å². The van der Waals surface area contributed by atoms with Crippen LogP contribution >= 0.6 is 11.3 Å². The van der Waals surface area contributed by atoms with Gasteiger partial charge in [-0.25, -0.2) is 23.4 Å². The lowest BCUT2D eigenvalue weighted by atomic mass is 10.1. The van der Waals surface area contributed by atoms with Gasteiger partial charge in [0.2, 0.25) is 11.6 Å². The number of nitrogens with zero attached hydrogens (tertiary/aromatic N) is 4. The molecular weight excluding hydrogens is 518 g/mol. The number of hydrogen-bond acceptors (Lipinski definition) is 10. The fourth-order valence-corrected chi connectivity index (χ4v) is 6.26. The standard InChI is InChI=1S/C24H25N5O6S2/c1-14-24(36-15(2)27-14)37(31,32)28-19-10-17(11-26-22(19)33-3)16-4-7-21-25-12-20(23(30)29(21)13-16)35-9-8-34-18-5-6-18/h4,7,10-13,18,28H,5-6,8-9H2,1-3H3. The van der Waals surface area contributed by atoms with Crippen molar-refractivity contribution in [3.63, 3.8) is 0 Å². The first-order valence-electron chi connectivity index (χ1n) is 11.5. The van der Waals surface area contributed by atoms with Crippen molar-refractivity contribution in [2.45, 2.75) is 37.0 Å². The Bertz CT molecular complexity index is 1630. The highest BCUT2D eigenvalue weighted by atomic mass is 32.2. The summed E-state index contributed by atoms with van der Waals surface area (Å²) in [5.41, 5.74) is 1.82. The number of rotatable bonds is 10. The summed E-state index contributed by atoms with van der Waals surface area (Å²) in [6.07, 6.45) is 6.99. The average Bonchev–Trinajstić information content (AvgIpc) is 3.63. The lowest BCUT2D eigenvalue weighted by Crippen LogP contribution is -2.19. The van der Waals surface area contributed by atoms with Crippen molar-refractivity contribution in [1.29, 1.82) is 0 Å². The van der Waals surface area contributed by atoms with Crippen LogP contribution in [0.1, 0.15) is 23.5 Å². The maximum Gasteiger partial charge on any atom is 0.300 e. The van der Waals surface area contributed by atoms with Crippen LogP contribution in [-0.2, 0) is 14.8 Å². The minimum atomic E-state index is -3.92. The molecule has 0 aliphatic heterocycles. The van der Waals surface area contributed by atoms with E-state index in [-0.39, 0.29) is 33.7 Å². The number of aryl methyl sites for hydroxylation is 2. The van der Waals surface area contributed by atoms with Gasteiger partial charge in [-0.05, 0) is 44.9 Å². The lowest BCUT2D eigenvalue weighted by molar-refractivity contribution is 0.0874. The van der Waals surface area contributed by atoms with Crippen LogP contribution in [0.5, 0.6) is 11.6 Å². The molecule has 1 saturated carbocycles. The number of sulfonamides is 1. The normalized spacial score (nSPS) is 13.6. The molecule has 0 aromatic carbocycles. The number of fused-ring (bicyclic) bond motifs is 1. The van der Waals surface area contributed by atoms with Crippen molar-refractivity contribution in [3.8, 4) is 22.8 Å². The molecule has 0 unspecified atom stereocenters. The van der Waals surface area contributed by atoms with E-state index in [1.165, 1.54) is 23.9 Å². The van der Waals surface area contributed by atoms with Crippen molar-refractivity contribution in [1.82, 2.24) is 19.4 Å². The second-order valence-electron chi connectivity index (χ2n) is 8.48. The molecule has 1 fully saturated rings. The minimum absolute atomic E-state index is 0.106. The van der Waals surface area contributed by atoms with Crippen LogP contribution in [0.15, 0.2) is 45.8 Å². The zero-order valence-electron chi connectivity index (χ0n) is 20.4. The molecule has 0 radical (unpaired) electrons. The molecular formula is C24H25N5O6S2. The van der Waals surface area contributed by atoms with Gasteiger partial charge in [-0.1, -0.05) is 0 Å². The highest BCUT2D eigenvalue weighted by Gasteiger charge is 2.24. The molecule has 1 aliphatic rings. The minimum Gasteiger partial charge on any atom is -0.484 e. The van der Waals surface area contributed by atoms with Crippen molar-refractivity contribution in [3.05, 3.63) is 57.8 Å². The number of nitrogens with one attached hydrogen (secondary N) is 1. The first kappa shape index (κ1) is 25.1. The third-order valence-corrected chi connectivity index (χ3v) is 8.66. The Morgan fingerprint density at radius 1 is 1.14 bits per heavy atom. The Balaban J connectivity index is 1.45. The van der Waals surface area contributed by atoms with Gasteiger partial charge in [-0.2, -0.15) is 0 Å². The van der Waals surface area contributed by atoms with E-state index in [0.29, 0.717) is 40.2 Å². The molecule has 0 saturated heterocycles. The highest BCUT2D eigenvalue weighted by Crippen LogP contribution is 2.32. The Morgan fingerprint density at radius 3 is 2.65 bits per heavy atom. The topological polar surface area (TPSA) is 134 Å². The Morgan fingerprint density at radius 2 is 1.95 bits per heavy atom. The summed E-state index contributed by atoms with van der Waals surface area (Å²) in [5.74, 6) is 0.223. The molecule has 37 heavy (non-hydrogen) atoms. The summed E-state index contributed by atoms with van der Waals surface area (Å²) >= 11 is 1.08. The van der Waals surface area contributed by atoms with Gasteiger partial charge < -0.3 is 14.2 Å². The number of anilines is 1. The third-order valence-electron chi connectivity index (χ3n) is 5.62. The van der Waals surface area contributed by atoms with E-state index in [1.54, 1.807) is 38.2 Å². The number of thiazole rings is 1. The second kappa shape index (κ2) is 10.1. The Labute approximate surface area is 217 Å². The van der Waals surface area contributed by atoms with Crippen LogP contribution in [0.3, 0.4) is 0 Å². The molecule has 0 atom stereocenters.